The van der Waals surface area contributed by atoms with Gasteiger partial charge < -0.3 is 15.7 Å². The summed E-state index contributed by atoms with van der Waals surface area (Å²) in [6.07, 6.45) is 2.43. The molecule has 0 aromatic heterocycles. The van der Waals surface area contributed by atoms with Gasteiger partial charge in [-0.2, -0.15) is 12.6 Å². The van der Waals surface area contributed by atoms with Crippen molar-refractivity contribution >= 4 is 51.6 Å². The summed E-state index contributed by atoms with van der Waals surface area (Å²) in [5.41, 5.74) is 2.69. The molecule has 0 saturated carbocycles. The number of aliphatic hydroxyl groups excluding tert-OH is 1. The zero-order valence-electron chi connectivity index (χ0n) is 21.6. The Kier molecular flexibility index (Phi) is 11.2. The van der Waals surface area contributed by atoms with Crippen molar-refractivity contribution in [1.29, 1.82) is 0 Å². The number of benzene rings is 2. The molecule has 0 radical (unpaired) electrons. The van der Waals surface area contributed by atoms with Gasteiger partial charge in [-0.05, 0) is 30.0 Å². The summed E-state index contributed by atoms with van der Waals surface area (Å²) in [6, 6.07) is 18.6. The van der Waals surface area contributed by atoms with Crippen LogP contribution < -0.4 is 15.4 Å². The molecule has 3 rings (SSSR count). The monoisotopic (exact) mass is 591 g/mol. The Hall–Kier alpha value is -2.63. The van der Waals surface area contributed by atoms with Gasteiger partial charge in [-0.25, -0.2) is 13.1 Å². The summed E-state index contributed by atoms with van der Waals surface area (Å²) in [6.45, 7) is 2.33. The number of hydrogen-bond donors (Lipinski definition) is 5. The predicted octanol–water partition coefficient (Wildman–Crippen LogP) is 2.66. The third kappa shape index (κ3) is 8.18. The number of rotatable bonds is 13. The van der Waals surface area contributed by atoms with Gasteiger partial charge in [-0.15, -0.1) is 0 Å². The number of amides is 2. The maximum atomic E-state index is 13.3. The van der Waals surface area contributed by atoms with Gasteiger partial charge in [0, 0.05) is 31.8 Å². The smallest absolute Gasteiger partial charge is 0.262 e. The molecule has 2 aromatic carbocycles. The van der Waals surface area contributed by atoms with Crippen LogP contribution >= 0.6 is 24.2 Å². The van der Waals surface area contributed by atoms with Crippen molar-refractivity contribution in [2.24, 2.45) is 5.92 Å². The van der Waals surface area contributed by atoms with Crippen LogP contribution in [0.25, 0.3) is 5.57 Å². The van der Waals surface area contributed by atoms with Crippen molar-refractivity contribution in [3.63, 3.8) is 0 Å². The number of hydrogen-bond acceptors (Lipinski definition) is 7. The van der Waals surface area contributed by atoms with Gasteiger partial charge in [0.25, 0.3) is 15.9 Å². The average Bonchev–Trinajstić information content (AvgIpc) is 2.92. The molecule has 0 bridgehead atoms. The Balaban J connectivity index is 1.62. The maximum Gasteiger partial charge on any atom is 0.262 e. The largest absolute Gasteiger partial charge is 0.384 e. The number of aliphatic hydroxyl groups is 1. The topological polar surface area (TPSA) is 125 Å². The first kappa shape index (κ1) is 30.9. The van der Waals surface area contributed by atoms with Gasteiger partial charge in [0.2, 0.25) is 5.91 Å². The van der Waals surface area contributed by atoms with Crippen molar-refractivity contribution < 1.29 is 23.1 Å². The molecule has 0 fully saturated rings. The molecule has 2 amide bonds. The molecule has 1 unspecified atom stereocenters. The lowest BCUT2D eigenvalue weighted by atomic mass is 9.92. The Morgan fingerprint density at radius 2 is 1.67 bits per heavy atom. The second-order valence-corrected chi connectivity index (χ2v) is 12.5. The van der Waals surface area contributed by atoms with Gasteiger partial charge in [0.1, 0.15) is 6.10 Å². The highest BCUT2D eigenvalue weighted by Gasteiger charge is 2.48. The molecule has 0 heterocycles. The van der Waals surface area contributed by atoms with E-state index in [4.69, 9.17) is 11.6 Å². The van der Waals surface area contributed by atoms with Crippen LogP contribution in [0.4, 0.5) is 0 Å². The molecule has 3 atom stereocenters. The number of nitrogens with one attached hydrogen (secondary N) is 3. The van der Waals surface area contributed by atoms with E-state index in [1.807, 2.05) is 35.1 Å². The molecule has 8 nitrogen and oxygen atoms in total. The quantitative estimate of drug-likeness (QED) is 0.139. The van der Waals surface area contributed by atoms with Crippen molar-refractivity contribution in [2.45, 2.75) is 30.1 Å². The molecule has 0 spiro atoms. The molecular formula is C28H34ClN3O5S2. The Morgan fingerprint density at radius 1 is 1.03 bits per heavy atom. The summed E-state index contributed by atoms with van der Waals surface area (Å²) < 4.78 is 26.6. The number of carbonyl (C=O) groups excluding carboxylic acids is 2. The average molecular weight is 592 g/mol. The van der Waals surface area contributed by atoms with E-state index in [1.165, 1.54) is 6.92 Å². The summed E-state index contributed by atoms with van der Waals surface area (Å²) >= 11 is 11.2. The predicted molar refractivity (Wildman–Crippen MR) is 158 cm³/mol. The number of thiol groups is 1. The van der Waals surface area contributed by atoms with Crippen molar-refractivity contribution in [1.82, 2.24) is 15.4 Å². The number of sulfonamides is 1. The highest BCUT2D eigenvalue weighted by molar-refractivity contribution is 7.93. The molecule has 39 heavy (non-hydrogen) atoms. The molecule has 11 heteroatoms. The van der Waals surface area contributed by atoms with Crippen molar-refractivity contribution in [2.75, 3.05) is 25.4 Å². The van der Waals surface area contributed by atoms with E-state index in [-0.39, 0.29) is 18.2 Å². The van der Waals surface area contributed by atoms with Crippen LogP contribution in [0.2, 0.25) is 0 Å². The normalized spacial score (nSPS) is 18.9. The van der Waals surface area contributed by atoms with Gasteiger partial charge in [0.15, 0.2) is 4.21 Å². The molecule has 4 N–H and O–H groups in total. The fourth-order valence-electron chi connectivity index (χ4n) is 4.17. The van der Waals surface area contributed by atoms with E-state index >= 15 is 0 Å². The SMILES string of the molecule is C[C@H](O)C(=O)NS(=O)(=O)C1(Cl)CC(CNCCNC(=O)[C@@H](CS)Cc2ccccc2)=CC=C1c1ccccc1. The molecule has 1 aliphatic carbocycles. The van der Waals surface area contributed by atoms with Crippen LogP contribution in [0.3, 0.4) is 0 Å². The zero-order valence-corrected chi connectivity index (χ0v) is 24.1. The first-order valence-electron chi connectivity index (χ1n) is 12.6. The first-order chi connectivity index (χ1) is 18.6. The van der Waals surface area contributed by atoms with E-state index in [0.29, 0.717) is 48.5 Å². The molecular weight excluding hydrogens is 558 g/mol. The molecule has 0 aliphatic heterocycles. The van der Waals surface area contributed by atoms with Crippen LogP contribution in [0.15, 0.2) is 78.4 Å². The summed E-state index contributed by atoms with van der Waals surface area (Å²) in [5.74, 6) is -0.964. The molecule has 0 saturated heterocycles. The van der Waals surface area contributed by atoms with Crippen LogP contribution in [0.1, 0.15) is 24.5 Å². The van der Waals surface area contributed by atoms with Crippen molar-refractivity contribution in [3.05, 3.63) is 89.5 Å². The minimum absolute atomic E-state index is 0.0808. The van der Waals surface area contributed by atoms with E-state index in [0.717, 1.165) is 5.56 Å². The number of halogens is 1. The van der Waals surface area contributed by atoms with Gasteiger partial charge in [0.05, 0.1) is 5.92 Å². The van der Waals surface area contributed by atoms with Gasteiger partial charge in [-0.1, -0.05) is 90.0 Å². The van der Waals surface area contributed by atoms with Crippen molar-refractivity contribution in [3.8, 4) is 0 Å². The van der Waals surface area contributed by atoms with E-state index in [1.54, 1.807) is 42.5 Å². The highest BCUT2D eigenvalue weighted by atomic mass is 35.5. The highest BCUT2D eigenvalue weighted by Crippen LogP contribution is 2.44. The van der Waals surface area contributed by atoms with E-state index < -0.39 is 26.2 Å². The lowest BCUT2D eigenvalue weighted by Crippen LogP contribution is -2.49. The Morgan fingerprint density at radius 3 is 2.28 bits per heavy atom. The van der Waals surface area contributed by atoms with Crippen LogP contribution in [-0.2, 0) is 26.0 Å². The summed E-state index contributed by atoms with van der Waals surface area (Å²) in [4.78, 5) is 24.7. The number of carbonyl (C=O) groups is 2. The minimum Gasteiger partial charge on any atom is -0.384 e. The van der Waals surface area contributed by atoms with Gasteiger partial charge in [-0.3, -0.25) is 9.59 Å². The number of allylic oxidation sites excluding steroid dienone is 2. The summed E-state index contributed by atoms with van der Waals surface area (Å²) in [5, 5.41) is 15.7. The second-order valence-electron chi connectivity index (χ2n) is 9.36. The second kappa shape index (κ2) is 14.1. The molecule has 210 valence electrons. The fraction of sp³-hybridized carbons (Fsp3) is 0.357. The lowest BCUT2D eigenvalue weighted by molar-refractivity contribution is -0.126. The third-order valence-corrected chi connectivity index (χ3v) is 9.41. The lowest BCUT2D eigenvalue weighted by Gasteiger charge is -2.33. The Labute approximate surface area is 240 Å². The first-order valence-corrected chi connectivity index (χ1v) is 15.1. The van der Waals surface area contributed by atoms with Crippen LogP contribution in [0, 0.1) is 5.92 Å². The van der Waals surface area contributed by atoms with Gasteiger partial charge >= 0.3 is 0 Å². The van der Waals surface area contributed by atoms with Crippen LogP contribution in [-0.4, -0.2) is 61.0 Å². The maximum absolute atomic E-state index is 13.3. The Bertz CT molecular complexity index is 1300. The minimum atomic E-state index is -4.44. The standard InChI is InChI=1S/C28H34ClN3O5S2/c1-20(33)26(34)32-39(36,37)28(29)17-22(12-13-25(28)23-10-6-3-7-11-23)18-30-14-15-31-27(35)24(19-38)16-21-8-4-2-5-9-21/h2-13,20,24,30,33,38H,14-19H2,1H3,(H,31,35)(H,32,34)/t20-,24+,28?/m0/s1. The fourth-order valence-corrected chi connectivity index (χ4v) is 6.37. The summed E-state index contributed by atoms with van der Waals surface area (Å²) in [7, 11) is -4.44. The third-order valence-electron chi connectivity index (χ3n) is 6.34. The zero-order chi connectivity index (χ0) is 28.5. The molecule has 1 aliphatic rings. The number of alkyl halides is 1. The van der Waals surface area contributed by atoms with E-state index in [2.05, 4.69) is 23.3 Å². The van der Waals surface area contributed by atoms with Crippen LogP contribution in [0.5, 0.6) is 0 Å². The van der Waals surface area contributed by atoms with E-state index in [9.17, 15) is 23.1 Å². The molecule has 2 aromatic rings.